The maximum Gasteiger partial charge on any atom is 0.252 e. The average molecular weight is 289 g/mol. The number of benzene rings is 1. The second-order valence-electron chi connectivity index (χ2n) is 4.78. The van der Waals surface area contributed by atoms with Crippen LogP contribution in [0.25, 0.3) is 0 Å². The lowest BCUT2D eigenvalue weighted by atomic mass is 10.0. The topological polar surface area (TPSA) is 55.1 Å². The molecular weight excluding hydrogens is 271 g/mol. The van der Waals surface area contributed by atoms with E-state index in [4.69, 9.17) is 17.3 Å². The number of halogens is 2. The fraction of sp³-hybridized carbons (Fsp3) is 0.462. The van der Waals surface area contributed by atoms with Gasteiger partial charge < -0.3 is 11.1 Å². The first kappa shape index (κ1) is 15.1. The number of rotatable bonds is 4. The van der Waals surface area contributed by atoms with Crippen LogP contribution in [0.15, 0.2) is 18.2 Å². The molecule has 1 aromatic rings. The van der Waals surface area contributed by atoms with Gasteiger partial charge >= 0.3 is 0 Å². The lowest BCUT2D eigenvalue weighted by Crippen LogP contribution is -2.30. The van der Waals surface area contributed by atoms with Crippen molar-refractivity contribution in [2.75, 3.05) is 12.3 Å². The van der Waals surface area contributed by atoms with Crippen molar-refractivity contribution in [3.8, 4) is 0 Å². The molecule has 0 saturated heterocycles. The number of hydrogen-bond donors (Lipinski definition) is 2. The minimum absolute atomic E-state index is 0. The average Bonchev–Trinajstić information content (AvgIpc) is 3.07. The summed E-state index contributed by atoms with van der Waals surface area (Å²) in [5.74, 6) is -0.116. The van der Waals surface area contributed by atoms with Gasteiger partial charge in [-0.25, -0.2) is 0 Å². The molecule has 5 heteroatoms. The van der Waals surface area contributed by atoms with Gasteiger partial charge in [0, 0.05) is 12.2 Å². The van der Waals surface area contributed by atoms with Crippen molar-refractivity contribution in [1.29, 1.82) is 0 Å². The Bertz CT molecular complexity index is 445. The maximum absolute atomic E-state index is 11.9. The van der Waals surface area contributed by atoms with E-state index in [0.717, 1.165) is 13.0 Å². The number of amides is 1. The molecule has 0 spiro atoms. The SMILES string of the molecule is CCC1(CNC(=O)c2ccc(N)cc2Cl)CC1.Cl. The van der Waals surface area contributed by atoms with Gasteiger partial charge in [0.1, 0.15) is 0 Å². The van der Waals surface area contributed by atoms with Crippen molar-refractivity contribution < 1.29 is 4.79 Å². The molecule has 1 aliphatic carbocycles. The van der Waals surface area contributed by atoms with Crippen LogP contribution in [0.4, 0.5) is 5.69 Å². The molecule has 18 heavy (non-hydrogen) atoms. The van der Waals surface area contributed by atoms with E-state index in [0.29, 0.717) is 21.7 Å². The number of nitrogen functional groups attached to an aromatic ring is 1. The summed E-state index contributed by atoms with van der Waals surface area (Å²) in [6.45, 7) is 2.90. The maximum atomic E-state index is 11.9. The number of anilines is 1. The van der Waals surface area contributed by atoms with E-state index < -0.39 is 0 Å². The third kappa shape index (κ3) is 3.30. The second kappa shape index (κ2) is 5.81. The zero-order valence-corrected chi connectivity index (χ0v) is 11.9. The van der Waals surface area contributed by atoms with Gasteiger partial charge in [0.05, 0.1) is 10.6 Å². The Morgan fingerprint density at radius 3 is 2.67 bits per heavy atom. The predicted molar refractivity (Wildman–Crippen MR) is 77.4 cm³/mol. The van der Waals surface area contributed by atoms with Gasteiger partial charge in [0.15, 0.2) is 0 Å². The van der Waals surface area contributed by atoms with E-state index in [2.05, 4.69) is 12.2 Å². The van der Waals surface area contributed by atoms with Gasteiger partial charge in [-0.3, -0.25) is 4.79 Å². The predicted octanol–water partition coefficient (Wildman–Crippen LogP) is 3.26. The third-order valence-electron chi connectivity index (χ3n) is 3.57. The molecule has 0 unspecified atom stereocenters. The normalized spacial score (nSPS) is 15.7. The summed E-state index contributed by atoms with van der Waals surface area (Å²) in [5, 5.41) is 3.36. The Balaban J connectivity index is 0.00000162. The fourth-order valence-electron chi connectivity index (χ4n) is 1.91. The molecule has 3 nitrogen and oxygen atoms in total. The summed E-state index contributed by atoms with van der Waals surface area (Å²) in [6.07, 6.45) is 3.53. The summed E-state index contributed by atoms with van der Waals surface area (Å²) in [5.41, 5.74) is 6.99. The van der Waals surface area contributed by atoms with E-state index in [9.17, 15) is 4.79 Å². The second-order valence-corrected chi connectivity index (χ2v) is 5.18. The number of nitrogens with one attached hydrogen (secondary N) is 1. The first-order valence-electron chi connectivity index (χ1n) is 5.89. The molecule has 0 bridgehead atoms. The van der Waals surface area contributed by atoms with Crippen LogP contribution in [-0.4, -0.2) is 12.5 Å². The molecular formula is C13H18Cl2N2O. The quantitative estimate of drug-likeness (QED) is 0.836. The Kier molecular flexibility index (Phi) is 4.88. The summed E-state index contributed by atoms with van der Waals surface area (Å²) in [7, 11) is 0. The van der Waals surface area contributed by atoms with Crippen LogP contribution in [0.2, 0.25) is 5.02 Å². The molecule has 1 amide bonds. The minimum Gasteiger partial charge on any atom is -0.399 e. The molecule has 0 aromatic heterocycles. The van der Waals surface area contributed by atoms with Crippen molar-refractivity contribution in [2.45, 2.75) is 26.2 Å². The Hall–Kier alpha value is -0.930. The van der Waals surface area contributed by atoms with Crippen molar-refractivity contribution in [3.63, 3.8) is 0 Å². The summed E-state index contributed by atoms with van der Waals surface area (Å²) >= 11 is 5.98. The van der Waals surface area contributed by atoms with Crippen molar-refractivity contribution in [3.05, 3.63) is 28.8 Å². The molecule has 0 radical (unpaired) electrons. The fourth-order valence-corrected chi connectivity index (χ4v) is 2.19. The first-order chi connectivity index (χ1) is 8.06. The van der Waals surface area contributed by atoms with Crippen LogP contribution in [0.3, 0.4) is 0 Å². The van der Waals surface area contributed by atoms with Crippen molar-refractivity contribution >= 4 is 35.6 Å². The Labute approximate surface area is 118 Å². The third-order valence-corrected chi connectivity index (χ3v) is 3.88. The molecule has 0 aliphatic heterocycles. The first-order valence-corrected chi connectivity index (χ1v) is 6.27. The van der Waals surface area contributed by atoms with Crippen molar-refractivity contribution in [2.24, 2.45) is 5.41 Å². The lowest BCUT2D eigenvalue weighted by molar-refractivity contribution is 0.0944. The minimum atomic E-state index is -0.116. The highest BCUT2D eigenvalue weighted by molar-refractivity contribution is 6.34. The number of carbonyl (C=O) groups excluding carboxylic acids is 1. The standard InChI is InChI=1S/C13H17ClN2O.ClH/c1-2-13(5-6-13)8-16-12(17)10-4-3-9(15)7-11(10)14;/h3-4,7H,2,5-6,8,15H2,1H3,(H,16,17);1H. The van der Waals surface area contributed by atoms with E-state index in [-0.39, 0.29) is 18.3 Å². The van der Waals surface area contributed by atoms with E-state index in [1.165, 1.54) is 12.8 Å². The van der Waals surface area contributed by atoms with E-state index in [1.54, 1.807) is 18.2 Å². The summed E-state index contributed by atoms with van der Waals surface area (Å²) in [6, 6.07) is 4.95. The smallest absolute Gasteiger partial charge is 0.252 e. The molecule has 100 valence electrons. The van der Waals surface area contributed by atoms with Crippen LogP contribution in [0.1, 0.15) is 36.5 Å². The molecule has 1 aliphatic rings. The van der Waals surface area contributed by atoms with Gasteiger partial charge in [-0.15, -0.1) is 12.4 Å². The monoisotopic (exact) mass is 288 g/mol. The zero-order valence-electron chi connectivity index (χ0n) is 10.3. The van der Waals surface area contributed by atoms with E-state index >= 15 is 0 Å². The van der Waals surface area contributed by atoms with Gasteiger partial charge in [0.25, 0.3) is 5.91 Å². The molecule has 2 rings (SSSR count). The zero-order chi connectivity index (χ0) is 12.5. The van der Waals surface area contributed by atoms with Crippen molar-refractivity contribution in [1.82, 2.24) is 5.32 Å². The number of carbonyl (C=O) groups is 1. The van der Waals surface area contributed by atoms with Crippen LogP contribution >= 0.6 is 24.0 Å². The van der Waals surface area contributed by atoms with Crippen LogP contribution in [-0.2, 0) is 0 Å². The van der Waals surface area contributed by atoms with Crippen LogP contribution in [0, 0.1) is 5.41 Å². The number of nitrogens with two attached hydrogens (primary N) is 1. The molecule has 3 N–H and O–H groups in total. The van der Waals surface area contributed by atoms with Gasteiger partial charge in [-0.05, 0) is 42.9 Å². The van der Waals surface area contributed by atoms with E-state index in [1.807, 2.05) is 0 Å². The van der Waals surface area contributed by atoms with Gasteiger partial charge in [0.2, 0.25) is 0 Å². The molecule has 0 heterocycles. The van der Waals surface area contributed by atoms with Crippen LogP contribution < -0.4 is 11.1 Å². The molecule has 1 fully saturated rings. The van der Waals surface area contributed by atoms with Gasteiger partial charge in [-0.1, -0.05) is 18.5 Å². The summed E-state index contributed by atoms with van der Waals surface area (Å²) in [4.78, 5) is 11.9. The largest absolute Gasteiger partial charge is 0.399 e. The molecule has 1 saturated carbocycles. The van der Waals surface area contributed by atoms with Gasteiger partial charge in [-0.2, -0.15) is 0 Å². The highest BCUT2D eigenvalue weighted by Crippen LogP contribution is 2.47. The highest BCUT2D eigenvalue weighted by Gasteiger charge is 2.40. The molecule has 1 aromatic carbocycles. The number of hydrogen-bond acceptors (Lipinski definition) is 2. The lowest BCUT2D eigenvalue weighted by Gasteiger charge is -2.14. The molecule has 0 atom stereocenters. The summed E-state index contributed by atoms with van der Waals surface area (Å²) < 4.78 is 0. The van der Waals surface area contributed by atoms with Crippen LogP contribution in [0.5, 0.6) is 0 Å². The Morgan fingerprint density at radius 1 is 1.50 bits per heavy atom. The highest BCUT2D eigenvalue weighted by atomic mass is 35.5. The Morgan fingerprint density at radius 2 is 2.17 bits per heavy atom.